The molecule has 12 aromatic rings. The van der Waals surface area contributed by atoms with Gasteiger partial charge in [-0.2, -0.15) is 0 Å². The summed E-state index contributed by atoms with van der Waals surface area (Å²) in [7, 11) is 0. The minimum Gasteiger partial charge on any atom is -0.295 e. The predicted octanol–water partition coefficient (Wildman–Crippen LogP) is 14.4. The zero-order valence-electron chi connectivity index (χ0n) is 32.7. The zero-order chi connectivity index (χ0) is 40.0. The maximum absolute atomic E-state index is 5.12. The molecule has 9 aromatic carbocycles. The van der Waals surface area contributed by atoms with Crippen LogP contribution in [0, 0.1) is 0 Å². The lowest BCUT2D eigenvalue weighted by Crippen LogP contribution is -2.05. The Hall–Kier alpha value is -7.80. The standard InChI is InChI=1S/C55H33N5S/c1-2-15-43(16-3-1)59-46-30-29-40(33-45(46)50-44-17-10-20-49-51(44)60(55(50)59)47-18-8-9-19-48(47)61-49)36-21-25-37(26-22-36)52-56-53(41-27-23-34-11-4-6-13-38(34)31-41)58-54(57-52)42-28-24-35-12-5-7-14-39(35)32-42/h1-33H. The van der Waals surface area contributed by atoms with E-state index in [0.29, 0.717) is 17.5 Å². The van der Waals surface area contributed by atoms with Crippen LogP contribution >= 0.6 is 11.8 Å². The van der Waals surface area contributed by atoms with Gasteiger partial charge in [-0.3, -0.25) is 9.13 Å². The highest BCUT2D eigenvalue weighted by atomic mass is 32.2. The maximum Gasteiger partial charge on any atom is 0.164 e. The summed E-state index contributed by atoms with van der Waals surface area (Å²) in [6.45, 7) is 0. The lowest BCUT2D eigenvalue weighted by Gasteiger charge is -2.21. The predicted molar refractivity (Wildman–Crippen MR) is 252 cm³/mol. The minimum absolute atomic E-state index is 0.636. The van der Waals surface area contributed by atoms with Crippen molar-refractivity contribution in [1.82, 2.24) is 24.1 Å². The van der Waals surface area contributed by atoms with E-state index < -0.39 is 0 Å². The normalized spacial score (nSPS) is 12.2. The van der Waals surface area contributed by atoms with Crippen LogP contribution in [0.1, 0.15) is 0 Å². The molecule has 0 spiro atoms. The minimum atomic E-state index is 0.636. The van der Waals surface area contributed by atoms with Gasteiger partial charge in [0.15, 0.2) is 17.5 Å². The van der Waals surface area contributed by atoms with Crippen molar-refractivity contribution < 1.29 is 0 Å². The first-order valence-electron chi connectivity index (χ1n) is 20.5. The Morgan fingerprint density at radius 1 is 0.361 bits per heavy atom. The van der Waals surface area contributed by atoms with Crippen LogP contribution in [0.15, 0.2) is 210 Å². The number of rotatable bonds is 5. The Morgan fingerprint density at radius 2 is 0.918 bits per heavy atom. The average Bonchev–Trinajstić information content (AvgIpc) is 3.85. The van der Waals surface area contributed by atoms with Crippen LogP contribution in [-0.2, 0) is 0 Å². The van der Waals surface area contributed by atoms with Gasteiger partial charge >= 0.3 is 0 Å². The van der Waals surface area contributed by atoms with Gasteiger partial charge < -0.3 is 0 Å². The molecule has 0 saturated heterocycles. The number of nitrogens with zero attached hydrogens (tertiary/aromatic N) is 5. The lowest BCUT2D eigenvalue weighted by atomic mass is 10.0. The van der Waals surface area contributed by atoms with Gasteiger partial charge in [0.25, 0.3) is 0 Å². The van der Waals surface area contributed by atoms with Crippen molar-refractivity contribution in [2.75, 3.05) is 0 Å². The second-order valence-corrected chi connectivity index (χ2v) is 16.8. The van der Waals surface area contributed by atoms with E-state index in [1.807, 2.05) is 11.8 Å². The van der Waals surface area contributed by atoms with E-state index in [2.05, 4.69) is 209 Å². The molecule has 1 aliphatic rings. The van der Waals surface area contributed by atoms with Gasteiger partial charge in [0.1, 0.15) is 5.65 Å². The van der Waals surface area contributed by atoms with E-state index in [1.54, 1.807) is 0 Å². The molecule has 0 aliphatic carbocycles. The van der Waals surface area contributed by atoms with Crippen molar-refractivity contribution in [3.63, 3.8) is 0 Å². The Kier molecular flexibility index (Phi) is 7.47. The van der Waals surface area contributed by atoms with Crippen molar-refractivity contribution in [2.45, 2.75) is 9.79 Å². The van der Waals surface area contributed by atoms with Crippen molar-refractivity contribution in [1.29, 1.82) is 0 Å². The van der Waals surface area contributed by atoms with Crippen molar-refractivity contribution in [3.8, 4) is 56.7 Å². The number of aromatic nitrogens is 5. The first kappa shape index (κ1) is 34.1. The Labute approximate surface area is 355 Å². The average molecular weight is 796 g/mol. The molecule has 5 nitrogen and oxygen atoms in total. The van der Waals surface area contributed by atoms with E-state index in [1.165, 1.54) is 59.1 Å². The molecule has 0 N–H and O–H groups in total. The largest absolute Gasteiger partial charge is 0.295 e. The third-order valence-corrected chi connectivity index (χ3v) is 13.2. The summed E-state index contributed by atoms with van der Waals surface area (Å²) in [5.74, 6) is 1.93. The van der Waals surface area contributed by atoms with Crippen LogP contribution in [0.3, 0.4) is 0 Å². The molecule has 61 heavy (non-hydrogen) atoms. The fourth-order valence-corrected chi connectivity index (χ4v) is 10.3. The van der Waals surface area contributed by atoms with Crippen LogP contribution < -0.4 is 0 Å². The van der Waals surface area contributed by atoms with Crippen LogP contribution in [-0.4, -0.2) is 24.1 Å². The van der Waals surface area contributed by atoms with Crippen LogP contribution in [0.5, 0.6) is 0 Å². The Bertz CT molecular complexity index is 3640. The van der Waals surface area contributed by atoms with E-state index >= 15 is 0 Å². The highest BCUT2D eigenvalue weighted by molar-refractivity contribution is 7.99. The van der Waals surface area contributed by atoms with Crippen molar-refractivity contribution >= 4 is 66.1 Å². The van der Waals surface area contributed by atoms with Crippen LogP contribution in [0.4, 0.5) is 0 Å². The molecule has 0 saturated carbocycles. The van der Waals surface area contributed by atoms with Gasteiger partial charge in [-0.1, -0.05) is 157 Å². The number of benzene rings is 9. The molecule has 0 amide bonds. The van der Waals surface area contributed by atoms with Crippen LogP contribution in [0.25, 0.3) is 111 Å². The summed E-state index contributed by atoms with van der Waals surface area (Å²) in [5.41, 5.74) is 11.1. The van der Waals surface area contributed by atoms with E-state index in [9.17, 15) is 0 Å². The van der Waals surface area contributed by atoms with E-state index in [-0.39, 0.29) is 0 Å². The number of hydrogen-bond acceptors (Lipinski definition) is 4. The van der Waals surface area contributed by atoms with Crippen molar-refractivity contribution in [3.05, 3.63) is 200 Å². The molecule has 1 aliphatic heterocycles. The summed E-state index contributed by atoms with van der Waals surface area (Å²) in [4.78, 5) is 17.8. The number of hydrogen-bond donors (Lipinski definition) is 0. The highest BCUT2D eigenvalue weighted by Crippen LogP contribution is 2.49. The Balaban J connectivity index is 0.965. The van der Waals surface area contributed by atoms with Gasteiger partial charge in [0.2, 0.25) is 0 Å². The summed E-state index contributed by atoms with van der Waals surface area (Å²) >= 11 is 1.86. The van der Waals surface area contributed by atoms with Gasteiger partial charge in [-0.05, 0) is 87.3 Å². The summed E-state index contributed by atoms with van der Waals surface area (Å²) in [6, 6.07) is 71.4. The smallest absolute Gasteiger partial charge is 0.164 e. The van der Waals surface area contributed by atoms with Gasteiger partial charge in [0.05, 0.1) is 16.7 Å². The molecule has 0 bridgehead atoms. The molecule has 0 unspecified atom stereocenters. The topological polar surface area (TPSA) is 48.5 Å². The van der Waals surface area contributed by atoms with Crippen molar-refractivity contribution in [2.24, 2.45) is 0 Å². The van der Waals surface area contributed by atoms with E-state index in [4.69, 9.17) is 15.0 Å². The first-order valence-corrected chi connectivity index (χ1v) is 21.3. The Morgan fingerprint density at radius 3 is 1.62 bits per heavy atom. The molecule has 3 aromatic heterocycles. The molecule has 0 fully saturated rings. The van der Waals surface area contributed by atoms with Gasteiger partial charge in [-0.15, -0.1) is 0 Å². The van der Waals surface area contributed by atoms with Gasteiger partial charge in [-0.25, -0.2) is 15.0 Å². The molecule has 0 atom stereocenters. The van der Waals surface area contributed by atoms with Crippen LogP contribution in [0.2, 0.25) is 0 Å². The second-order valence-electron chi connectivity index (χ2n) is 15.7. The third kappa shape index (κ3) is 5.39. The molecular weight excluding hydrogens is 763 g/mol. The summed E-state index contributed by atoms with van der Waals surface area (Å²) < 4.78 is 4.93. The molecular formula is C55H33N5S. The molecule has 0 radical (unpaired) electrons. The number of para-hydroxylation sites is 3. The molecule has 4 heterocycles. The fourth-order valence-electron chi connectivity index (χ4n) is 9.23. The molecule has 13 rings (SSSR count). The number of fused-ring (bicyclic) bond motifs is 9. The SMILES string of the molecule is c1ccc(-n2c3ccc(-c4ccc(-c5nc(-c6ccc7ccccc7c6)nc(-c6ccc7ccccc7c6)n5)cc4)cc3c3c4cccc5c4n(c32)-c2ccccc2S5)cc1. The zero-order valence-corrected chi connectivity index (χ0v) is 33.5. The summed E-state index contributed by atoms with van der Waals surface area (Å²) in [6.07, 6.45) is 0. The summed E-state index contributed by atoms with van der Waals surface area (Å²) in [5, 5.41) is 8.41. The monoisotopic (exact) mass is 795 g/mol. The first-order chi connectivity index (χ1) is 30.2. The molecule has 284 valence electrons. The maximum atomic E-state index is 5.12. The molecule has 6 heteroatoms. The third-order valence-electron chi connectivity index (χ3n) is 12.1. The fraction of sp³-hybridized carbons (Fsp3) is 0. The highest BCUT2D eigenvalue weighted by Gasteiger charge is 2.28. The quantitative estimate of drug-likeness (QED) is 0.174. The van der Waals surface area contributed by atoms with Gasteiger partial charge in [0, 0.05) is 48.3 Å². The lowest BCUT2D eigenvalue weighted by molar-refractivity contribution is 1.03. The second kappa shape index (κ2) is 13.4. The van der Waals surface area contributed by atoms with E-state index in [0.717, 1.165) is 44.3 Å².